The third kappa shape index (κ3) is 3.48. The van der Waals surface area contributed by atoms with Crippen LogP contribution in [0.3, 0.4) is 0 Å². The molecule has 0 aliphatic carbocycles. The van der Waals surface area contributed by atoms with E-state index in [1.165, 1.54) is 27.4 Å². The lowest BCUT2D eigenvalue weighted by atomic mass is 10.1. The van der Waals surface area contributed by atoms with E-state index in [9.17, 15) is 9.90 Å². The molecular weight excluding hydrogens is 298 g/mol. The molecular formula is C17H19NO5. The Morgan fingerprint density at radius 3 is 2.13 bits per heavy atom. The number of phenolic OH excluding ortho intramolecular Hbond substituents is 1. The number of hydrogen-bond donors (Lipinski definition) is 2. The van der Waals surface area contributed by atoms with Crippen molar-refractivity contribution in [3.63, 3.8) is 0 Å². The molecule has 0 atom stereocenters. The molecule has 122 valence electrons. The summed E-state index contributed by atoms with van der Waals surface area (Å²) in [5, 5.41) is 12.5. The molecule has 0 unspecified atom stereocenters. The summed E-state index contributed by atoms with van der Waals surface area (Å²) < 4.78 is 15.7. The van der Waals surface area contributed by atoms with E-state index in [4.69, 9.17) is 14.2 Å². The minimum Gasteiger partial charge on any atom is -0.507 e. The van der Waals surface area contributed by atoms with Crippen molar-refractivity contribution in [1.29, 1.82) is 0 Å². The first-order valence-electron chi connectivity index (χ1n) is 6.91. The second-order valence-electron chi connectivity index (χ2n) is 4.89. The summed E-state index contributed by atoms with van der Waals surface area (Å²) >= 11 is 0. The van der Waals surface area contributed by atoms with E-state index in [0.29, 0.717) is 22.9 Å². The van der Waals surface area contributed by atoms with Crippen LogP contribution in [-0.4, -0.2) is 32.3 Å². The molecule has 6 nitrogen and oxygen atoms in total. The lowest BCUT2D eigenvalue weighted by Gasteiger charge is -2.15. The lowest BCUT2D eigenvalue weighted by molar-refractivity contribution is 0.102. The molecule has 0 heterocycles. The third-order valence-electron chi connectivity index (χ3n) is 3.32. The van der Waals surface area contributed by atoms with Crippen LogP contribution in [0.4, 0.5) is 5.69 Å². The van der Waals surface area contributed by atoms with Crippen LogP contribution in [0, 0.1) is 6.92 Å². The van der Waals surface area contributed by atoms with Gasteiger partial charge in [0.25, 0.3) is 5.91 Å². The second-order valence-corrected chi connectivity index (χ2v) is 4.89. The second kappa shape index (κ2) is 6.91. The number of rotatable bonds is 5. The van der Waals surface area contributed by atoms with Crippen molar-refractivity contribution in [3.05, 3.63) is 41.5 Å². The summed E-state index contributed by atoms with van der Waals surface area (Å²) in [6.45, 7) is 1.84. The maximum Gasteiger partial charge on any atom is 0.259 e. The largest absolute Gasteiger partial charge is 0.507 e. The monoisotopic (exact) mass is 317 g/mol. The van der Waals surface area contributed by atoms with E-state index in [-0.39, 0.29) is 11.3 Å². The number of aryl methyl sites for hydroxylation is 1. The van der Waals surface area contributed by atoms with Gasteiger partial charge in [0.05, 0.1) is 26.9 Å². The van der Waals surface area contributed by atoms with Crippen molar-refractivity contribution in [2.45, 2.75) is 6.92 Å². The zero-order chi connectivity index (χ0) is 17.0. The predicted octanol–water partition coefficient (Wildman–Crippen LogP) is 2.98. The molecule has 0 radical (unpaired) electrons. The SMILES string of the molecule is COc1cc(NC(=O)c2cc(C)ccc2O)cc(OC)c1OC. The zero-order valence-electron chi connectivity index (χ0n) is 13.5. The summed E-state index contributed by atoms with van der Waals surface area (Å²) in [5.41, 5.74) is 1.53. The Morgan fingerprint density at radius 1 is 1.00 bits per heavy atom. The highest BCUT2D eigenvalue weighted by Gasteiger charge is 2.16. The molecule has 0 aliphatic rings. The standard InChI is InChI=1S/C17H19NO5/c1-10-5-6-13(19)12(7-10)17(20)18-11-8-14(21-2)16(23-4)15(9-11)22-3/h5-9,19H,1-4H3,(H,18,20). The van der Waals surface area contributed by atoms with Crippen molar-refractivity contribution >= 4 is 11.6 Å². The van der Waals surface area contributed by atoms with Gasteiger partial charge in [-0.05, 0) is 19.1 Å². The van der Waals surface area contributed by atoms with Gasteiger partial charge in [-0.3, -0.25) is 4.79 Å². The van der Waals surface area contributed by atoms with Crippen molar-refractivity contribution in [2.75, 3.05) is 26.6 Å². The molecule has 0 saturated carbocycles. The first-order valence-corrected chi connectivity index (χ1v) is 6.91. The van der Waals surface area contributed by atoms with Crippen LogP contribution in [0.1, 0.15) is 15.9 Å². The average Bonchev–Trinajstić information content (AvgIpc) is 2.55. The van der Waals surface area contributed by atoms with Crippen molar-refractivity contribution in [3.8, 4) is 23.0 Å². The molecule has 0 bridgehead atoms. The zero-order valence-corrected chi connectivity index (χ0v) is 13.5. The average molecular weight is 317 g/mol. The molecule has 2 rings (SSSR count). The van der Waals surface area contributed by atoms with E-state index in [1.807, 2.05) is 6.92 Å². The van der Waals surface area contributed by atoms with Gasteiger partial charge in [0.1, 0.15) is 5.75 Å². The molecule has 0 fully saturated rings. The van der Waals surface area contributed by atoms with Gasteiger partial charge < -0.3 is 24.6 Å². The number of nitrogens with one attached hydrogen (secondary N) is 1. The van der Waals surface area contributed by atoms with Gasteiger partial charge in [-0.25, -0.2) is 0 Å². The maximum absolute atomic E-state index is 12.4. The molecule has 0 spiro atoms. The van der Waals surface area contributed by atoms with Crippen LogP contribution in [-0.2, 0) is 0 Å². The number of amides is 1. The van der Waals surface area contributed by atoms with Gasteiger partial charge >= 0.3 is 0 Å². The fourth-order valence-electron chi connectivity index (χ4n) is 2.18. The molecule has 2 aromatic carbocycles. The summed E-state index contributed by atoms with van der Waals surface area (Å²) in [6, 6.07) is 8.06. The molecule has 2 N–H and O–H groups in total. The van der Waals surface area contributed by atoms with E-state index in [2.05, 4.69) is 5.32 Å². The first kappa shape index (κ1) is 16.5. The third-order valence-corrected chi connectivity index (χ3v) is 3.32. The van der Waals surface area contributed by atoms with Gasteiger partial charge in [-0.15, -0.1) is 0 Å². The number of aromatic hydroxyl groups is 1. The number of phenols is 1. The van der Waals surface area contributed by atoms with E-state index < -0.39 is 5.91 Å². The quantitative estimate of drug-likeness (QED) is 0.886. The molecule has 1 amide bonds. The van der Waals surface area contributed by atoms with Crippen LogP contribution >= 0.6 is 0 Å². The molecule has 6 heteroatoms. The number of ether oxygens (including phenoxy) is 3. The Hall–Kier alpha value is -2.89. The van der Waals surface area contributed by atoms with Gasteiger partial charge in [0.2, 0.25) is 5.75 Å². The normalized spacial score (nSPS) is 10.1. The van der Waals surface area contributed by atoms with Crippen LogP contribution < -0.4 is 19.5 Å². The smallest absolute Gasteiger partial charge is 0.259 e. The van der Waals surface area contributed by atoms with Gasteiger partial charge in [0, 0.05) is 17.8 Å². The summed E-state index contributed by atoms with van der Waals surface area (Å²) in [4.78, 5) is 12.4. The fraction of sp³-hybridized carbons (Fsp3) is 0.235. The highest BCUT2D eigenvalue weighted by atomic mass is 16.5. The molecule has 23 heavy (non-hydrogen) atoms. The Bertz CT molecular complexity index is 702. The first-order chi connectivity index (χ1) is 11.0. The van der Waals surface area contributed by atoms with Crippen LogP contribution in [0.25, 0.3) is 0 Å². The Labute approximate surface area is 134 Å². The Balaban J connectivity index is 2.36. The number of anilines is 1. The summed E-state index contributed by atoms with van der Waals surface area (Å²) in [6.07, 6.45) is 0. The predicted molar refractivity (Wildman–Crippen MR) is 86.9 cm³/mol. The van der Waals surface area contributed by atoms with Gasteiger partial charge in [-0.2, -0.15) is 0 Å². The maximum atomic E-state index is 12.4. The highest BCUT2D eigenvalue weighted by molar-refractivity contribution is 6.06. The van der Waals surface area contributed by atoms with Gasteiger partial charge in [-0.1, -0.05) is 11.6 Å². The van der Waals surface area contributed by atoms with E-state index in [1.54, 1.807) is 24.3 Å². The number of hydrogen-bond acceptors (Lipinski definition) is 5. The van der Waals surface area contributed by atoms with Crippen molar-refractivity contribution < 1.29 is 24.1 Å². The summed E-state index contributed by atoms with van der Waals surface area (Å²) in [7, 11) is 4.49. The van der Waals surface area contributed by atoms with Crippen LogP contribution in [0.2, 0.25) is 0 Å². The van der Waals surface area contributed by atoms with Crippen molar-refractivity contribution in [1.82, 2.24) is 0 Å². The number of carbonyl (C=O) groups is 1. The molecule has 0 aliphatic heterocycles. The lowest BCUT2D eigenvalue weighted by Crippen LogP contribution is -2.12. The van der Waals surface area contributed by atoms with Crippen molar-refractivity contribution in [2.24, 2.45) is 0 Å². The Kier molecular flexibility index (Phi) is 4.95. The van der Waals surface area contributed by atoms with E-state index >= 15 is 0 Å². The molecule has 2 aromatic rings. The topological polar surface area (TPSA) is 77.0 Å². The minimum atomic E-state index is -0.430. The fourth-order valence-corrected chi connectivity index (χ4v) is 2.18. The molecule has 0 aromatic heterocycles. The minimum absolute atomic E-state index is 0.0828. The van der Waals surface area contributed by atoms with Gasteiger partial charge in [0.15, 0.2) is 11.5 Å². The number of methoxy groups -OCH3 is 3. The van der Waals surface area contributed by atoms with E-state index in [0.717, 1.165) is 5.56 Å². The van der Waals surface area contributed by atoms with Crippen LogP contribution in [0.15, 0.2) is 30.3 Å². The highest BCUT2D eigenvalue weighted by Crippen LogP contribution is 2.40. The Morgan fingerprint density at radius 2 is 1.61 bits per heavy atom. The summed E-state index contributed by atoms with van der Waals surface area (Å²) in [5.74, 6) is 0.777. The number of carbonyl (C=O) groups excluding carboxylic acids is 1. The van der Waals surface area contributed by atoms with Crippen LogP contribution in [0.5, 0.6) is 23.0 Å². The molecule has 0 saturated heterocycles. The number of benzene rings is 2.